The number of amides is 1. The smallest absolute Gasteiger partial charge is 0.271 e. The predicted molar refractivity (Wildman–Crippen MR) is 83.2 cm³/mol. The third kappa shape index (κ3) is 4.37. The van der Waals surface area contributed by atoms with Crippen LogP contribution in [-0.4, -0.2) is 29.2 Å². The molecule has 2 aromatic rings. The van der Waals surface area contributed by atoms with Gasteiger partial charge in [-0.1, -0.05) is 24.3 Å². The molecule has 2 N–H and O–H groups in total. The molecule has 0 aliphatic carbocycles. The quantitative estimate of drug-likeness (QED) is 0.769. The fourth-order valence-electron chi connectivity index (χ4n) is 1.83. The van der Waals surface area contributed by atoms with Gasteiger partial charge in [-0.2, -0.15) is 0 Å². The molecule has 22 heavy (non-hydrogen) atoms. The van der Waals surface area contributed by atoms with Crippen LogP contribution in [-0.2, 0) is 6.42 Å². The van der Waals surface area contributed by atoms with E-state index < -0.39 is 0 Å². The number of nitrogens with one attached hydrogen (secondary N) is 2. The van der Waals surface area contributed by atoms with E-state index in [-0.39, 0.29) is 17.4 Å². The number of halogens is 1. The monoisotopic (exact) mass is 300 g/mol. The minimum Gasteiger partial charge on any atom is -0.365 e. The highest BCUT2D eigenvalue weighted by atomic mass is 19.1. The second-order valence-electron chi connectivity index (χ2n) is 4.57. The van der Waals surface area contributed by atoms with Crippen molar-refractivity contribution in [1.29, 1.82) is 0 Å². The van der Waals surface area contributed by atoms with Gasteiger partial charge < -0.3 is 10.6 Å². The van der Waals surface area contributed by atoms with Crippen molar-refractivity contribution in [3.63, 3.8) is 0 Å². The molecule has 0 radical (unpaired) electrons. The zero-order chi connectivity index (χ0) is 15.8. The van der Waals surface area contributed by atoms with E-state index in [4.69, 9.17) is 0 Å². The van der Waals surface area contributed by atoms with Crippen LogP contribution in [0.5, 0.6) is 0 Å². The van der Waals surface area contributed by atoms with Crippen LogP contribution in [0.3, 0.4) is 0 Å². The summed E-state index contributed by atoms with van der Waals surface area (Å²) in [6.07, 6.45) is 2.12. The first-order valence-corrected chi connectivity index (χ1v) is 6.91. The molecule has 1 heterocycles. The second-order valence-corrected chi connectivity index (χ2v) is 4.57. The molecule has 0 atom stereocenters. The second kappa shape index (κ2) is 7.87. The summed E-state index contributed by atoms with van der Waals surface area (Å²) < 4.78 is 13.4. The van der Waals surface area contributed by atoms with Crippen molar-refractivity contribution in [1.82, 2.24) is 15.5 Å². The Hall–Kier alpha value is -2.76. The van der Waals surface area contributed by atoms with E-state index in [1.54, 1.807) is 36.4 Å². The minimum absolute atomic E-state index is 0.220. The normalized spacial score (nSPS) is 10.0. The molecule has 114 valence electrons. The van der Waals surface area contributed by atoms with Crippen molar-refractivity contribution < 1.29 is 9.18 Å². The lowest BCUT2D eigenvalue weighted by Gasteiger charge is -2.06. The largest absolute Gasteiger partial charge is 0.365 e. The van der Waals surface area contributed by atoms with E-state index in [2.05, 4.69) is 27.4 Å². The third-order valence-corrected chi connectivity index (χ3v) is 2.96. The summed E-state index contributed by atoms with van der Waals surface area (Å²) in [6, 6.07) is 9.74. The van der Waals surface area contributed by atoms with E-state index in [0.717, 1.165) is 0 Å². The van der Waals surface area contributed by atoms with Gasteiger partial charge in [0.1, 0.15) is 11.6 Å². The van der Waals surface area contributed by atoms with Crippen LogP contribution < -0.4 is 10.6 Å². The highest BCUT2D eigenvalue weighted by molar-refractivity contribution is 5.92. The number of aromatic nitrogens is 2. The molecular formula is C16H17FN4O. The van der Waals surface area contributed by atoms with Crippen LogP contribution in [0.4, 0.5) is 10.2 Å². The van der Waals surface area contributed by atoms with Gasteiger partial charge >= 0.3 is 0 Å². The van der Waals surface area contributed by atoms with Crippen molar-refractivity contribution in [2.24, 2.45) is 0 Å². The molecule has 1 aromatic carbocycles. The number of hydrogen-bond acceptors (Lipinski definition) is 4. The van der Waals surface area contributed by atoms with E-state index in [9.17, 15) is 9.18 Å². The van der Waals surface area contributed by atoms with Gasteiger partial charge in [0.25, 0.3) is 5.91 Å². The van der Waals surface area contributed by atoms with Crippen LogP contribution in [0.1, 0.15) is 16.1 Å². The number of benzene rings is 1. The lowest BCUT2D eigenvalue weighted by molar-refractivity contribution is 0.0948. The van der Waals surface area contributed by atoms with Crippen molar-refractivity contribution in [2.75, 3.05) is 18.4 Å². The van der Waals surface area contributed by atoms with Gasteiger partial charge in [-0.3, -0.25) is 4.79 Å². The standard InChI is InChI=1S/C16H17FN4O/c1-2-10-18-15-8-7-14(20-21-15)16(22)19-11-9-12-5-3-4-6-13(12)17/h2-8H,1,9-11H2,(H,18,21)(H,19,22). The lowest BCUT2D eigenvalue weighted by atomic mass is 10.1. The van der Waals surface area contributed by atoms with Gasteiger partial charge in [-0.05, 0) is 30.2 Å². The first-order chi connectivity index (χ1) is 10.7. The fraction of sp³-hybridized carbons (Fsp3) is 0.188. The van der Waals surface area contributed by atoms with E-state index in [0.29, 0.717) is 30.9 Å². The van der Waals surface area contributed by atoms with Crippen molar-refractivity contribution in [2.45, 2.75) is 6.42 Å². The molecule has 0 saturated heterocycles. The topological polar surface area (TPSA) is 66.9 Å². The molecule has 0 aliphatic heterocycles. The fourth-order valence-corrected chi connectivity index (χ4v) is 1.83. The highest BCUT2D eigenvalue weighted by Crippen LogP contribution is 2.06. The first kappa shape index (κ1) is 15.6. The molecule has 0 aliphatic rings. The maximum Gasteiger partial charge on any atom is 0.271 e. The van der Waals surface area contributed by atoms with Gasteiger partial charge in [-0.25, -0.2) is 4.39 Å². The van der Waals surface area contributed by atoms with Gasteiger partial charge in [0.15, 0.2) is 5.69 Å². The number of carbonyl (C=O) groups is 1. The van der Waals surface area contributed by atoms with Gasteiger partial charge in [0.05, 0.1) is 0 Å². The number of hydrogen-bond donors (Lipinski definition) is 2. The number of nitrogens with zero attached hydrogens (tertiary/aromatic N) is 2. The van der Waals surface area contributed by atoms with E-state index in [1.165, 1.54) is 6.07 Å². The number of carbonyl (C=O) groups excluding carboxylic acids is 1. The van der Waals surface area contributed by atoms with Gasteiger partial charge in [-0.15, -0.1) is 16.8 Å². The SMILES string of the molecule is C=CCNc1ccc(C(=O)NCCc2ccccc2F)nn1. The molecule has 2 rings (SSSR count). The molecule has 6 heteroatoms. The van der Waals surface area contributed by atoms with Crippen LogP contribution >= 0.6 is 0 Å². The van der Waals surface area contributed by atoms with Crippen LogP contribution in [0, 0.1) is 5.82 Å². The molecule has 0 fully saturated rings. The van der Waals surface area contributed by atoms with Crippen molar-refractivity contribution in [3.8, 4) is 0 Å². The maximum atomic E-state index is 13.4. The van der Waals surface area contributed by atoms with Crippen LogP contribution in [0.15, 0.2) is 49.1 Å². The summed E-state index contributed by atoms with van der Waals surface area (Å²) in [5, 5.41) is 13.4. The summed E-state index contributed by atoms with van der Waals surface area (Å²) >= 11 is 0. The van der Waals surface area contributed by atoms with Crippen molar-refractivity contribution in [3.05, 3.63) is 66.1 Å². The van der Waals surface area contributed by atoms with E-state index >= 15 is 0 Å². The van der Waals surface area contributed by atoms with Crippen LogP contribution in [0.2, 0.25) is 0 Å². The van der Waals surface area contributed by atoms with Gasteiger partial charge in [0.2, 0.25) is 0 Å². The Labute approximate surface area is 128 Å². The third-order valence-electron chi connectivity index (χ3n) is 2.96. The van der Waals surface area contributed by atoms with E-state index in [1.807, 2.05) is 0 Å². The summed E-state index contributed by atoms with van der Waals surface area (Å²) in [6.45, 7) is 4.49. The average Bonchev–Trinajstić information content (AvgIpc) is 2.55. The zero-order valence-corrected chi connectivity index (χ0v) is 12.1. The molecule has 5 nitrogen and oxygen atoms in total. The Morgan fingerprint density at radius 3 is 2.73 bits per heavy atom. The Balaban J connectivity index is 1.84. The summed E-state index contributed by atoms with van der Waals surface area (Å²) in [7, 11) is 0. The number of rotatable bonds is 7. The summed E-state index contributed by atoms with van der Waals surface area (Å²) in [5.74, 6) is -0.0314. The Morgan fingerprint density at radius 2 is 2.05 bits per heavy atom. The molecule has 0 unspecified atom stereocenters. The molecular weight excluding hydrogens is 283 g/mol. The Bertz CT molecular complexity index is 643. The lowest BCUT2D eigenvalue weighted by Crippen LogP contribution is -2.27. The molecule has 1 amide bonds. The first-order valence-electron chi connectivity index (χ1n) is 6.91. The molecule has 1 aromatic heterocycles. The van der Waals surface area contributed by atoms with Crippen LogP contribution in [0.25, 0.3) is 0 Å². The van der Waals surface area contributed by atoms with Crippen molar-refractivity contribution >= 4 is 11.7 Å². The average molecular weight is 300 g/mol. The Kier molecular flexibility index (Phi) is 5.59. The minimum atomic E-state index is -0.334. The van der Waals surface area contributed by atoms with Gasteiger partial charge in [0, 0.05) is 13.1 Å². The molecule has 0 bridgehead atoms. The predicted octanol–water partition coefficient (Wildman–Crippen LogP) is 2.19. The summed E-state index contributed by atoms with van der Waals surface area (Å²) in [5.41, 5.74) is 0.788. The maximum absolute atomic E-state index is 13.4. The highest BCUT2D eigenvalue weighted by Gasteiger charge is 2.08. The number of anilines is 1. The summed E-state index contributed by atoms with van der Waals surface area (Å²) in [4.78, 5) is 11.9. The Morgan fingerprint density at radius 1 is 1.23 bits per heavy atom. The zero-order valence-electron chi connectivity index (χ0n) is 12.1. The molecule has 0 spiro atoms. The molecule has 0 saturated carbocycles.